The minimum atomic E-state index is -0.340. The average Bonchev–Trinajstić information content (AvgIpc) is 3.40. The molecule has 29 heavy (non-hydrogen) atoms. The lowest BCUT2D eigenvalue weighted by Crippen LogP contribution is -2.32. The quantitative estimate of drug-likeness (QED) is 0.680. The summed E-state index contributed by atoms with van der Waals surface area (Å²) < 4.78 is 0. The van der Waals surface area contributed by atoms with Crippen LogP contribution in [0.4, 0.5) is 5.69 Å². The van der Waals surface area contributed by atoms with Gasteiger partial charge < -0.3 is 10.2 Å². The van der Waals surface area contributed by atoms with Crippen LogP contribution in [0.3, 0.4) is 0 Å². The molecule has 0 aliphatic carbocycles. The van der Waals surface area contributed by atoms with E-state index in [1.807, 2.05) is 41.8 Å². The third-order valence-corrected chi connectivity index (χ3v) is 5.94. The van der Waals surface area contributed by atoms with Crippen molar-refractivity contribution in [2.75, 3.05) is 11.4 Å². The van der Waals surface area contributed by atoms with Gasteiger partial charge in [-0.2, -0.15) is 0 Å². The molecule has 1 aromatic carbocycles. The van der Waals surface area contributed by atoms with E-state index < -0.39 is 0 Å². The van der Waals surface area contributed by atoms with Crippen LogP contribution in [-0.4, -0.2) is 28.3 Å². The lowest BCUT2D eigenvalue weighted by Gasteiger charge is -2.17. The zero-order chi connectivity index (χ0) is 20.2. The van der Waals surface area contributed by atoms with E-state index in [0.29, 0.717) is 13.1 Å². The summed E-state index contributed by atoms with van der Waals surface area (Å²) in [4.78, 5) is 35.3. The second kappa shape index (κ2) is 8.53. The maximum Gasteiger partial charge on any atom is 0.227 e. The minimum absolute atomic E-state index is 0.0105. The molecule has 3 heterocycles. The third kappa shape index (κ3) is 4.35. The van der Waals surface area contributed by atoms with E-state index in [4.69, 9.17) is 0 Å². The van der Waals surface area contributed by atoms with Crippen LogP contribution in [0.1, 0.15) is 23.9 Å². The van der Waals surface area contributed by atoms with E-state index in [1.54, 1.807) is 17.3 Å². The lowest BCUT2D eigenvalue weighted by atomic mass is 10.1. The fourth-order valence-corrected chi connectivity index (χ4v) is 4.14. The van der Waals surface area contributed by atoms with E-state index in [0.717, 1.165) is 28.4 Å². The number of aryl methyl sites for hydroxylation is 1. The standard InChI is InChI=1S/C22H22N4O2S/c1-2-15-3-5-18(6-4-15)26-13-17(11-21(26)27)22(28)24-12-20-25-19(14-29-20)16-7-9-23-10-8-16/h3-10,14,17H,2,11-13H2,1H3,(H,24,28). The maximum absolute atomic E-state index is 12.6. The highest BCUT2D eigenvalue weighted by Crippen LogP contribution is 2.26. The molecule has 7 heteroatoms. The van der Waals surface area contributed by atoms with Crippen LogP contribution in [0.25, 0.3) is 11.3 Å². The van der Waals surface area contributed by atoms with E-state index >= 15 is 0 Å². The van der Waals surface area contributed by atoms with Crippen molar-refractivity contribution in [2.45, 2.75) is 26.3 Å². The summed E-state index contributed by atoms with van der Waals surface area (Å²) in [6, 6.07) is 11.8. The highest BCUT2D eigenvalue weighted by atomic mass is 32.1. The number of carbonyl (C=O) groups excluding carboxylic acids is 2. The Kier molecular flexibility index (Phi) is 5.67. The van der Waals surface area contributed by atoms with Gasteiger partial charge in [0.15, 0.2) is 0 Å². The number of hydrogen-bond donors (Lipinski definition) is 1. The first-order chi connectivity index (χ1) is 14.1. The fraction of sp³-hybridized carbons (Fsp3) is 0.273. The number of carbonyl (C=O) groups is 2. The molecule has 2 amide bonds. The summed E-state index contributed by atoms with van der Waals surface area (Å²) in [6.45, 7) is 2.87. The summed E-state index contributed by atoms with van der Waals surface area (Å²) in [5, 5.41) is 5.74. The Morgan fingerprint density at radius 3 is 2.69 bits per heavy atom. The fourth-order valence-electron chi connectivity index (χ4n) is 3.40. The second-order valence-electron chi connectivity index (χ2n) is 7.01. The molecule has 1 saturated heterocycles. The highest BCUT2D eigenvalue weighted by Gasteiger charge is 2.35. The molecule has 4 rings (SSSR count). The van der Waals surface area contributed by atoms with E-state index in [-0.39, 0.29) is 24.2 Å². The molecule has 1 N–H and O–H groups in total. The number of pyridine rings is 1. The monoisotopic (exact) mass is 406 g/mol. The number of hydrogen-bond acceptors (Lipinski definition) is 5. The predicted octanol–water partition coefficient (Wildman–Crippen LogP) is 3.44. The largest absolute Gasteiger partial charge is 0.349 e. The predicted molar refractivity (Wildman–Crippen MR) is 113 cm³/mol. The molecular formula is C22H22N4O2S. The first-order valence-electron chi connectivity index (χ1n) is 9.66. The molecule has 148 valence electrons. The SMILES string of the molecule is CCc1ccc(N2CC(C(=O)NCc3nc(-c4ccncc4)cs3)CC2=O)cc1. The van der Waals surface area contributed by atoms with Gasteiger partial charge in [0.2, 0.25) is 11.8 Å². The van der Waals surface area contributed by atoms with E-state index in [2.05, 4.69) is 22.2 Å². The highest BCUT2D eigenvalue weighted by molar-refractivity contribution is 7.09. The number of amides is 2. The van der Waals surface area contributed by atoms with Crippen molar-refractivity contribution >= 4 is 28.8 Å². The summed E-state index contributed by atoms with van der Waals surface area (Å²) in [6.07, 6.45) is 4.66. The average molecular weight is 407 g/mol. The summed E-state index contributed by atoms with van der Waals surface area (Å²) in [5.41, 5.74) is 3.95. The van der Waals surface area contributed by atoms with Crippen LogP contribution in [0.15, 0.2) is 54.2 Å². The van der Waals surface area contributed by atoms with Gasteiger partial charge in [-0.1, -0.05) is 19.1 Å². The Morgan fingerprint density at radius 2 is 1.97 bits per heavy atom. The Labute approximate surface area is 173 Å². The number of anilines is 1. The van der Waals surface area contributed by atoms with Crippen molar-refractivity contribution in [3.05, 3.63) is 64.7 Å². The zero-order valence-electron chi connectivity index (χ0n) is 16.2. The molecule has 3 aromatic rings. The molecule has 1 unspecified atom stereocenters. The van der Waals surface area contributed by atoms with Crippen molar-refractivity contribution in [1.82, 2.24) is 15.3 Å². The number of thiazole rings is 1. The molecule has 1 aliphatic rings. The molecule has 2 aromatic heterocycles. The lowest BCUT2D eigenvalue weighted by molar-refractivity contribution is -0.126. The van der Waals surface area contributed by atoms with Crippen LogP contribution in [0, 0.1) is 5.92 Å². The normalized spacial score (nSPS) is 16.2. The van der Waals surface area contributed by atoms with Gasteiger partial charge in [0.1, 0.15) is 5.01 Å². The number of nitrogens with one attached hydrogen (secondary N) is 1. The summed E-state index contributed by atoms with van der Waals surface area (Å²) >= 11 is 1.51. The molecule has 6 nitrogen and oxygen atoms in total. The Bertz CT molecular complexity index is 1000. The van der Waals surface area contributed by atoms with Crippen LogP contribution < -0.4 is 10.2 Å². The van der Waals surface area contributed by atoms with Crippen molar-refractivity contribution in [3.63, 3.8) is 0 Å². The van der Waals surface area contributed by atoms with Gasteiger partial charge in [0.25, 0.3) is 0 Å². The van der Waals surface area contributed by atoms with Gasteiger partial charge in [-0.25, -0.2) is 4.98 Å². The number of nitrogens with zero attached hydrogens (tertiary/aromatic N) is 3. The van der Waals surface area contributed by atoms with Crippen LogP contribution in [0.2, 0.25) is 0 Å². The number of aromatic nitrogens is 2. The zero-order valence-corrected chi connectivity index (χ0v) is 17.0. The molecule has 1 atom stereocenters. The van der Waals surface area contributed by atoms with Gasteiger partial charge in [0, 0.05) is 42.0 Å². The number of benzene rings is 1. The van der Waals surface area contributed by atoms with Crippen molar-refractivity contribution < 1.29 is 9.59 Å². The van der Waals surface area contributed by atoms with E-state index in [1.165, 1.54) is 16.9 Å². The molecule has 0 saturated carbocycles. The van der Waals surface area contributed by atoms with Gasteiger partial charge in [-0.3, -0.25) is 14.6 Å². The molecule has 0 spiro atoms. The molecular weight excluding hydrogens is 384 g/mol. The molecule has 0 bridgehead atoms. The van der Waals surface area contributed by atoms with Crippen molar-refractivity contribution in [1.29, 1.82) is 0 Å². The van der Waals surface area contributed by atoms with Gasteiger partial charge in [-0.05, 0) is 36.2 Å². The maximum atomic E-state index is 12.6. The van der Waals surface area contributed by atoms with Gasteiger partial charge >= 0.3 is 0 Å². The van der Waals surface area contributed by atoms with Gasteiger partial charge in [0.05, 0.1) is 18.2 Å². The molecule has 0 radical (unpaired) electrons. The van der Waals surface area contributed by atoms with Crippen molar-refractivity contribution in [3.8, 4) is 11.3 Å². The number of rotatable bonds is 6. The summed E-state index contributed by atoms with van der Waals surface area (Å²) in [5.74, 6) is -0.455. The first-order valence-corrected chi connectivity index (χ1v) is 10.5. The summed E-state index contributed by atoms with van der Waals surface area (Å²) in [7, 11) is 0. The van der Waals surface area contributed by atoms with E-state index in [9.17, 15) is 9.59 Å². The Balaban J connectivity index is 1.34. The Morgan fingerprint density at radius 1 is 1.21 bits per heavy atom. The van der Waals surface area contributed by atoms with Crippen LogP contribution in [0.5, 0.6) is 0 Å². The first kappa shape index (κ1) is 19.3. The van der Waals surface area contributed by atoms with Gasteiger partial charge in [-0.15, -0.1) is 11.3 Å². The molecule has 1 aliphatic heterocycles. The van der Waals surface area contributed by atoms with Crippen LogP contribution in [-0.2, 0) is 22.6 Å². The smallest absolute Gasteiger partial charge is 0.227 e. The van der Waals surface area contributed by atoms with Crippen molar-refractivity contribution in [2.24, 2.45) is 5.92 Å². The van der Waals surface area contributed by atoms with Crippen LogP contribution >= 0.6 is 11.3 Å². The second-order valence-corrected chi connectivity index (χ2v) is 7.95. The molecule has 1 fully saturated rings. The topological polar surface area (TPSA) is 75.2 Å². The Hall–Kier alpha value is -3.06. The third-order valence-electron chi connectivity index (χ3n) is 5.09. The minimum Gasteiger partial charge on any atom is -0.349 e.